The molecule has 2 aliphatic rings. The van der Waals surface area contributed by atoms with Crippen LogP contribution in [0, 0.1) is 0 Å². The number of hydrogen-bond donors (Lipinski definition) is 2. The van der Waals surface area contributed by atoms with E-state index in [0.717, 1.165) is 48.7 Å². The van der Waals surface area contributed by atoms with E-state index in [0.29, 0.717) is 19.3 Å². The monoisotopic (exact) mass is 278 g/mol. The average Bonchev–Trinajstić information content (AvgIpc) is 2.92. The summed E-state index contributed by atoms with van der Waals surface area (Å²) in [7, 11) is 0. The first-order chi connectivity index (χ1) is 9.79. The lowest BCUT2D eigenvalue weighted by Crippen LogP contribution is -2.30. The van der Waals surface area contributed by atoms with Crippen molar-refractivity contribution in [2.45, 2.75) is 31.7 Å². The molecule has 1 fully saturated rings. The zero-order chi connectivity index (χ0) is 13.9. The van der Waals surface area contributed by atoms with Crippen LogP contribution in [0.3, 0.4) is 0 Å². The van der Waals surface area contributed by atoms with Crippen molar-refractivity contribution >= 4 is 11.4 Å². The second-order valence-corrected chi connectivity index (χ2v) is 5.41. The summed E-state index contributed by atoms with van der Waals surface area (Å²) in [6.07, 6.45) is 4.17. The van der Waals surface area contributed by atoms with E-state index < -0.39 is 0 Å². The van der Waals surface area contributed by atoms with Gasteiger partial charge >= 0.3 is 0 Å². The number of nitrogens with two attached hydrogens (primary N) is 1. The molecule has 0 saturated carbocycles. The Kier molecular flexibility index (Phi) is 3.87. The predicted molar refractivity (Wildman–Crippen MR) is 78.5 cm³/mol. The van der Waals surface area contributed by atoms with E-state index in [4.69, 9.17) is 20.3 Å². The van der Waals surface area contributed by atoms with Crippen LogP contribution in [0.5, 0.6) is 11.5 Å². The SMILES string of the molecule is Nc1cc2c(cc1N1CCCC1CCCO)OCCO2. The lowest BCUT2D eigenvalue weighted by Gasteiger charge is -2.29. The molecule has 1 saturated heterocycles. The number of aliphatic hydroxyl groups is 1. The van der Waals surface area contributed by atoms with Crippen LogP contribution in [0.1, 0.15) is 25.7 Å². The third-order valence-electron chi connectivity index (χ3n) is 4.07. The summed E-state index contributed by atoms with van der Waals surface area (Å²) in [6.45, 7) is 2.43. The van der Waals surface area contributed by atoms with Gasteiger partial charge in [-0.05, 0) is 25.7 Å². The van der Waals surface area contributed by atoms with Crippen LogP contribution in [-0.2, 0) is 0 Å². The Morgan fingerprint density at radius 1 is 1.25 bits per heavy atom. The van der Waals surface area contributed by atoms with Crippen molar-refractivity contribution in [2.24, 2.45) is 0 Å². The second-order valence-electron chi connectivity index (χ2n) is 5.41. The van der Waals surface area contributed by atoms with Crippen LogP contribution in [0.15, 0.2) is 12.1 Å². The maximum absolute atomic E-state index is 9.02. The summed E-state index contributed by atoms with van der Waals surface area (Å²) in [6, 6.07) is 4.33. The van der Waals surface area contributed by atoms with Crippen molar-refractivity contribution in [3.63, 3.8) is 0 Å². The smallest absolute Gasteiger partial charge is 0.163 e. The standard InChI is InChI=1S/C15H22N2O3/c16-12-9-14-15(20-8-7-19-14)10-13(12)17-5-1-3-11(17)4-2-6-18/h9-11,18H,1-8,16H2. The minimum absolute atomic E-state index is 0.251. The van der Waals surface area contributed by atoms with Gasteiger partial charge in [0.15, 0.2) is 11.5 Å². The molecule has 3 N–H and O–H groups in total. The van der Waals surface area contributed by atoms with E-state index in [-0.39, 0.29) is 6.61 Å². The van der Waals surface area contributed by atoms with Crippen molar-refractivity contribution in [3.05, 3.63) is 12.1 Å². The lowest BCUT2D eigenvalue weighted by molar-refractivity contribution is 0.172. The molecule has 1 atom stereocenters. The predicted octanol–water partition coefficient (Wildman–Crippen LogP) is 1.78. The summed E-state index contributed by atoms with van der Waals surface area (Å²) in [5.74, 6) is 1.52. The molecule has 5 heteroatoms. The molecule has 0 amide bonds. The van der Waals surface area contributed by atoms with Crippen LogP contribution < -0.4 is 20.1 Å². The molecule has 1 unspecified atom stereocenters. The van der Waals surface area contributed by atoms with Gasteiger partial charge in [0.2, 0.25) is 0 Å². The molecule has 0 aromatic heterocycles. The number of aliphatic hydroxyl groups excluding tert-OH is 1. The van der Waals surface area contributed by atoms with Gasteiger partial charge in [-0.3, -0.25) is 0 Å². The Hall–Kier alpha value is -1.62. The summed E-state index contributed by atoms with van der Waals surface area (Å²) in [4.78, 5) is 2.35. The van der Waals surface area contributed by atoms with Gasteiger partial charge in [-0.2, -0.15) is 0 Å². The largest absolute Gasteiger partial charge is 0.486 e. The Bertz CT molecular complexity index is 478. The highest BCUT2D eigenvalue weighted by Gasteiger charge is 2.27. The number of nitrogens with zero attached hydrogens (tertiary/aromatic N) is 1. The zero-order valence-corrected chi connectivity index (χ0v) is 11.7. The van der Waals surface area contributed by atoms with E-state index in [9.17, 15) is 0 Å². The number of ether oxygens (including phenoxy) is 2. The second kappa shape index (κ2) is 5.79. The maximum atomic E-state index is 9.02. The molecule has 2 heterocycles. The molecule has 0 bridgehead atoms. The van der Waals surface area contributed by atoms with E-state index in [1.165, 1.54) is 6.42 Å². The Balaban J connectivity index is 1.85. The minimum Gasteiger partial charge on any atom is -0.486 e. The zero-order valence-electron chi connectivity index (χ0n) is 11.7. The fraction of sp³-hybridized carbons (Fsp3) is 0.600. The summed E-state index contributed by atoms with van der Waals surface area (Å²) in [5.41, 5.74) is 7.97. The van der Waals surface area contributed by atoms with Crippen LogP contribution in [0.4, 0.5) is 11.4 Å². The topological polar surface area (TPSA) is 68.0 Å². The third kappa shape index (κ3) is 2.50. The quantitative estimate of drug-likeness (QED) is 0.822. The molecular weight excluding hydrogens is 256 g/mol. The first-order valence-corrected chi connectivity index (χ1v) is 7.36. The number of hydrogen-bond acceptors (Lipinski definition) is 5. The van der Waals surface area contributed by atoms with Crippen molar-refractivity contribution in [2.75, 3.05) is 37.0 Å². The number of fused-ring (bicyclic) bond motifs is 1. The van der Waals surface area contributed by atoms with E-state index in [2.05, 4.69) is 4.90 Å². The molecule has 110 valence electrons. The minimum atomic E-state index is 0.251. The third-order valence-corrected chi connectivity index (χ3v) is 4.07. The van der Waals surface area contributed by atoms with Crippen molar-refractivity contribution in [1.82, 2.24) is 0 Å². The van der Waals surface area contributed by atoms with Gasteiger partial charge in [0.05, 0.1) is 11.4 Å². The maximum Gasteiger partial charge on any atom is 0.163 e. The van der Waals surface area contributed by atoms with Gasteiger partial charge in [-0.1, -0.05) is 0 Å². The first kappa shape index (κ1) is 13.4. The van der Waals surface area contributed by atoms with Gasteiger partial charge in [-0.25, -0.2) is 0 Å². The molecule has 3 rings (SSSR count). The molecule has 2 aliphatic heterocycles. The molecule has 1 aromatic carbocycles. The van der Waals surface area contributed by atoms with Gasteiger partial charge in [-0.15, -0.1) is 0 Å². The van der Waals surface area contributed by atoms with Gasteiger partial charge in [0.1, 0.15) is 13.2 Å². The van der Waals surface area contributed by atoms with Crippen molar-refractivity contribution in [1.29, 1.82) is 0 Å². The van der Waals surface area contributed by atoms with Gasteiger partial charge < -0.3 is 25.2 Å². The van der Waals surface area contributed by atoms with E-state index in [1.807, 2.05) is 12.1 Å². The molecule has 1 aromatic rings. The Morgan fingerprint density at radius 3 is 2.75 bits per heavy atom. The number of nitrogen functional groups attached to an aromatic ring is 1. The van der Waals surface area contributed by atoms with Gasteiger partial charge in [0, 0.05) is 31.3 Å². The van der Waals surface area contributed by atoms with Crippen LogP contribution in [-0.4, -0.2) is 37.5 Å². The van der Waals surface area contributed by atoms with E-state index in [1.54, 1.807) is 0 Å². The number of anilines is 2. The summed E-state index contributed by atoms with van der Waals surface area (Å²) < 4.78 is 11.2. The number of benzene rings is 1. The Morgan fingerprint density at radius 2 is 2.00 bits per heavy atom. The molecular formula is C15H22N2O3. The summed E-state index contributed by atoms with van der Waals surface area (Å²) in [5, 5.41) is 9.02. The van der Waals surface area contributed by atoms with Gasteiger partial charge in [0.25, 0.3) is 0 Å². The fourth-order valence-corrected chi connectivity index (χ4v) is 3.12. The first-order valence-electron chi connectivity index (χ1n) is 7.36. The van der Waals surface area contributed by atoms with Crippen molar-refractivity contribution < 1.29 is 14.6 Å². The Labute approximate surface area is 119 Å². The number of rotatable bonds is 4. The highest BCUT2D eigenvalue weighted by molar-refractivity contribution is 5.74. The molecule has 0 aliphatic carbocycles. The highest BCUT2D eigenvalue weighted by atomic mass is 16.6. The van der Waals surface area contributed by atoms with E-state index >= 15 is 0 Å². The van der Waals surface area contributed by atoms with Crippen molar-refractivity contribution in [3.8, 4) is 11.5 Å². The fourth-order valence-electron chi connectivity index (χ4n) is 3.12. The average molecular weight is 278 g/mol. The summed E-state index contributed by atoms with van der Waals surface area (Å²) >= 11 is 0. The van der Waals surface area contributed by atoms with Crippen LogP contribution >= 0.6 is 0 Å². The molecule has 5 nitrogen and oxygen atoms in total. The normalized spacial score (nSPS) is 21.2. The van der Waals surface area contributed by atoms with Crippen LogP contribution in [0.2, 0.25) is 0 Å². The highest BCUT2D eigenvalue weighted by Crippen LogP contribution is 2.41. The van der Waals surface area contributed by atoms with Crippen LogP contribution in [0.25, 0.3) is 0 Å². The molecule has 20 heavy (non-hydrogen) atoms. The lowest BCUT2D eigenvalue weighted by atomic mass is 10.1. The molecule has 0 spiro atoms. The molecule has 0 radical (unpaired) electrons.